The molecule has 0 N–H and O–H groups in total. The number of rotatable bonds is 5. The van der Waals surface area contributed by atoms with E-state index in [4.69, 9.17) is 4.74 Å². The Morgan fingerprint density at radius 2 is 1.90 bits per heavy atom. The van der Waals surface area contributed by atoms with Crippen molar-refractivity contribution in [2.24, 2.45) is 5.92 Å². The van der Waals surface area contributed by atoms with Crippen molar-refractivity contribution in [3.8, 4) is 0 Å². The maximum absolute atomic E-state index is 12.9. The number of carbonyl (C=O) groups excluding carboxylic acids is 2. The van der Waals surface area contributed by atoms with E-state index in [0.717, 1.165) is 36.9 Å². The van der Waals surface area contributed by atoms with Crippen LogP contribution < -0.4 is 0 Å². The Morgan fingerprint density at radius 3 is 2.62 bits per heavy atom. The Labute approximate surface area is 172 Å². The van der Waals surface area contributed by atoms with Crippen molar-refractivity contribution in [1.29, 1.82) is 0 Å². The summed E-state index contributed by atoms with van der Waals surface area (Å²) in [5, 5.41) is 0. The van der Waals surface area contributed by atoms with Gasteiger partial charge >= 0.3 is 6.09 Å². The van der Waals surface area contributed by atoms with Gasteiger partial charge in [-0.1, -0.05) is 30.3 Å². The van der Waals surface area contributed by atoms with Gasteiger partial charge in [-0.3, -0.25) is 9.78 Å². The number of pyridine rings is 1. The molecular formula is C24H28N2O3. The fourth-order valence-electron chi connectivity index (χ4n) is 4.67. The Balaban J connectivity index is 1.33. The molecule has 1 aromatic carbocycles. The van der Waals surface area contributed by atoms with Crippen molar-refractivity contribution < 1.29 is 14.3 Å². The largest absolute Gasteiger partial charge is 0.447 e. The highest BCUT2D eigenvalue weighted by molar-refractivity contribution is 5.93. The number of aryl methyl sites for hydroxylation is 1. The van der Waals surface area contributed by atoms with Crippen molar-refractivity contribution in [1.82, 2.24) is 9.88 Å². The molecule has 29 heavy (non-hydrogen) atoms. The lowest BCUT2D eigenvalue weighted by Gasteiger charge is -2.30. The third-order valence-corrected chi connectivity index (χ3v) is 6.25. The Bertz CT molecular complexity index is 859. The molecule has 5 nitrogen and oxygen atoms in total. The summed E-state index contributed by atoms with van der Waals surface area (Å²) in [6.45, 7) is 2.31. The number of nitrogens with zero attached hydrogens (tertiary/aromatic N) is 2. The predicted octanol–water partition coefficient (Wildman–Crippen LogP) is 4.64. The summed E-state index contributed by atoms with van der Waals surface area (Å²) in [4.78, 5) is 30.8. The Morgan fingerprint density at radius 1 is 1.14 bits per heavy atom. The maximum Gasteiger partial charge on any atom is 0.416 e. The summed E-state index contributed by atoms with van der Waals surface area (Å²) in [7, 11) is 0. The second-order valence-electron chi connectivity index (χ2n) is 8.34. The minimum atomic E-state index is -0.489. The Kier molecular flexibility index (Phi) is 5.93. The van der Waals surface area contributed by atoms with Crippen LogP contribution in [-0.4, -0.2) is 34.5 Å². The first-order valence-corrected chi connectivity index (χ1v) is 10.6. The Hall–Kier alpha value is -2.69. The number of hydrogen-bond donors (Lipinski definition) is 0. The number of benzene rings is 1. The molecule has 2 amide bonds. The van der Waals surface area contributed by atoms with Crippen LogP contribution in [0.1, 0.15) is 54.8 Å². The number of aromatic nitrogens is 1. The van der Waals surface area contributed by atoms with Crippen molar-refractivity contribution in [2.45, 2.75) is 57.4 Å². The zero-order valence-corrected chi connectivity index (χ0v) is 16.9. The van der Waals surface area contributed by atoms with Gasteiger partial charge in [-0.15, -0.1) is 0 Å². The van der Waals surface area contributed by atoms with E-state index < -0.39 is 6.09 Å². The van der Waals surface area contributed by atoms with Gasteiger partial charge in [0.05, 0.1) is 6.04 Å². The van der Waals surface area contributed by atoms with Gasteiger partial charge in [0.1, 0.15) is 6.61 Å². The standard InChI is InChI=1S/C24H28N2O3/c1-17-13-21(11-12-25-17)20-9-7-19(8-10-20)15-23(27)26-22(16-29-24(26)28)14-18-5-3-2-4-6-18/h2-6,11-13,19-20,22H,7-10,14-16H2,1H3/t19-,20+,22-/m1/s1. The number of amides is 2. The minimum Gasteiger partial charge on any atom is -0.447 e. The van der Waals surface area contributed by atoms with E-state index in [9.17, 15) is 9.59 Å². The number of cyclic esters (lactones) is 1. The highest BCUT2D eigenvalue weighted by Gasteiger charge is 2.38. The first-order chi connectivity index (χ1) is 14.1. The summed E-state index contributed by atoms with van der Waals surface area (Å²) in [5.74, 6) is 0.801. The van der Waals surface area contributed by atoms with Crippen LogP contribution >= 0.6 is 0 Å². The monoisotopic (exact) mass is 392 g/mol. The quantitative estimate of drug-likeness (QED) is 0.743. The van der Waals surface area contributed by atoms with Gasteiger partial charge in [0.2, 0.25) is 5.91 Å². The molecule has 1 aromatic heterocycles. The molecule has 0 bridgehead atoms. The van der Waals surface area contributed by atoms with Crippen LogP contribution in [0.2, 0.25) is 0 Å². The highest BCUT2D eigenvalue weighted by Crippen LogP contribution is 2.37. The molecule has 1 saturated carbocycles. The van der Waals surface area contributed by atoms with Crippen molar-refractivity contribution in [3.05, 3.63) is 65.5 Å². The van der Waals surface area contributed by atoms with Crippen molar-refractivity contribution >= 4 is 12.0 Å². The average molecular weight is 392 g/mol. The normalized spacial score (nSPS) is 24.4. The molecular weight excluding hydrogens is 364 g/mol. The molecule has 1 atom stereocenters. The number of imide groups is 1. The molecule has 1 aliphatic carbocycles. The van der Waals surface area contributed by atoms with Crippen molar-refractivity contribution in [3.63, 3.8) is 0 Å². The van der Waals surface area contributed by atoms with Gasteiger partial charge in [0, 0.05) is 18.3 Å². The predicted molar refractivity (Wildman–Crippen MR) is 110 cm³/mol. The van der Waals surface area contributed by atoms with E-state index in [2.05, 4.69) is 17.1 Å². The molecule has 5 heteroatoms. The third kappa shape index (κ3) is 4.66. The van der Waals surface area contributed by atoms with E-state index in [1.165, 1.54) is 10.5 Å². The van der Waals surface area contributed by atoms with Crippen LogP contribution in [0.5, 0.6) is 0 Å². The van der Waals surface area contributed by atoms with Crippen molar-refractivity contribution in [2.75, 3.05) is 6.61 Å². The van der Waals surface area contributed by atoms with Gasteiger partial charge < -0.3 is 4.74 Å². The molecule has 2 heterocycles. The van der Waals surface area contributed by atoms with E-state index in [1.54, 1.807) is 0 Å². The van der Waals surface area contributed by atoms with E-state index in [1.807, 2.05) is 43.5 Å². The molecule has 0 unspecified atom stereocenters. The SMILES string of the molecule is Cc1cc([C@H]2CC[C@@H](CC(=O)N3C(=O)OC[C@H]3Cc3ccccc3)CC2)ccn1. The van der Waals surface area contributed by atoms with Crippen LogP contribution in [0.25, 0.3) is 0 Å². The first-order valence-electron chi connectivity index (χ1n) is 10.6. The molecule has 1 aliphatic heterocycles. The number of ether oxygens (including phenoxy) is 1. The average Bonchev–Trinajstić information content (AvgIpc) is 3.09. The molecule has 2 fully saturated rings. The lowest BCUT2D eigenvalue weighted by atomic mass is 9.77. The van der Waals surface area contributed by atoms with Crippen LogP contribution in [0.15, 0.2) is 48.7 Å². The van der Waals surface area contributed by atoms with Crippen LogP contribution in [-0.2, 0) is 16.0 Å². The molecule has 0 spiro atoms. The fraction of sp³-hybridized carbons (Fsp3) is 0.458. The molecule has 1 saturated heterocycles. The van der Waals surface area contributed by atoms with E-state index >= 15 is 0 Å². The molecule has 152 valence electrons. The summed E-state index contributed by atoms with van der Waals surface area (Å²) in [6.07, 6.45) is 6.67. The molecule has 2 aromatic rings. The molecule has 2 aliphatic rings. The van der Waals surface area contributed by atoms with Gasteiger partial charge in [-0.05, 0) is 74.1 Å². The second kappa shape index (κ2) is 8.76. The smallest absolute Gasteiger partial charge is 0.416 e. The first kappa shape index (κ1) is 19.6. The number of carbonyl (C=O) groups is 2. The van der Waals surface area contributed by atoms with Gasteiger partial charge in [0.25, 0.3) is 0 Å². The van der Waals surface area contributed by atoms with Gasteiger partial charge in [-0.25, -0.2) is 9.69 Å². The summed E-state index contributed by atoms with van der Waals surface area (Å²) in [5.41, 5.74) is 3.52. The second-order valence-corrected chi connectivity index (χ2v) is 8.34. The summed E-state index contributed by atoms with van der Waals surface area (Å²) < 4.78 is 5.21. The maximum atomic E-state index is 12.9. The topological polar surface area (TPSA) is 59.5 Å². The van der Waals surface area contributed by atoms with Gasteiger partial charge in [0.15, 0.2) is 0 Å². The fourth-order valence-corrected chi connectivity index (χ4v) is 4.67. The zero-order valence-electron chi connectivity index (χ0n) is 16.9. The summed E-state index contributed by atoms with van der Waals surface area (Å²) in [6, 6.07) is 14.0. The van der Waals surface area contributed by atoms with E-state index in [-0.39, 0.29) is 18.6 Å². The van der Waals surface area contributed by atoms with Gasteiger partial charge in [-0.2, -0.15) is 0 Å². The third-order valence-electron chi connectivity index (χ3n) is 6.25. The van der Waals surface area contributed by atoms with E-state index in [0.29, 0.717) is 24.7 Å². The molecule has 0 radical (unpaired) electrons. The number of hydrogen-bond acceptors (Lipinski definition) is 4. The lowest BCUT2D eigenvalue weighted by molar-refractivity contribution is -0.130. The molecule has 4 rings (SSSR count). The van der Waals surface area contributed by atoms with Crippen LogP contribution in [0.3, 0.4) is 0 Å². The highest BCUT2D eigenvalue weighted by atomic mass is 16.6. The lowest BCUT2D eigenvalue weighted by Crippen LogP contribution is -2.41. The van der Waals surface area contributed by atoms with Crippen LogP contribution in [0.4, 0.5) is 4.79 Å². The van der Waals surface area contributed by atoms with Crippen LogP contribution in [0, 0.1) is 12.8 Å². The zero-order chi connectivity index (χ0) is 20.2. The summed E-state index contributed by atoms with van der Waals surface area (Å²) >= 11 is 0. The minimum absolute atomic E-state index is 0.0864.